The second-order valence-electron chi connectivity index (χ2n) is 14.5. The lowest BCUT2D eigenvalue weighted by Gasteiger charge is -2.46. The average molecular weight is 649 g/mol. The molecule has 4 aliphatic carbocycles. The van der Waals surface area contributed by atoms with Gasteiger partial charge in [0.1, 0.15) is 12.1 Å². The number of nitrogens with one attached hydrogen (secondary N) is 1. The summed E-state index contributed by atoms with van der Waals surface area (Å²) in [5.41, 5.74) is -0.149. The number of aryl methyl sites for hydroxylation is 1. The standard InChI is InChI=1S/C34H52N2O6S2/c1-5-12-30(35-44(40,41)29-19-17-25(2)18-20-29)32(37)42-31-23-26-21-22-34(31,33(26,3)4)24-43(38,39)36(27-13-8-6-9-14-27)28-15-10-7-11-16-28/h5,17-20,26-28,30-31,35H,1,6-16,21-24H2,2-4H3/t26-,30-,31-,34-/m1/s1. The Hall–Kier alpha value is -1.75. The van der Waals surface area contributed by atoms with E-state index < -0.39 is 43.6 Å². The normalized spacial score (nSPS) is 28.6. The summed E-state index contributed by atoms with van der Waals surface area (Å²) >= 11 is 0. The number of carbonyl (C=O) groups excluding carboxylic acids is 1. The molecule has 5 rings (SSSR count). The van der Waals surface area contributed by atoms with Gasteiger partial charge in [-0.25, -0.2) is 16.8 Å². The Kier molecular flexibility index (Phi) is 10.1. The van der Waals surface area contributed by atoms with E-state index in [0.717, 1.165) is 76.2 Å². The summed E-state index contributed by atoms with van der Waals surface area (Å²) < 4.78 is 66.4. The molecule has 8 nitrogen and oxygen atoms in total. The number of nitrogens with zero attached hydrogens (tertiary/aromatic N) is 1. The summed E-state index contributed by atoms with van der Waals surface area (Å²) in [5, 5.41) is 0. The van der Waals surface area contributed by atoms with Gasteiger partial charge in [-0.15, -0.1) is 6.58 Å². The number of rotatable bonds is 12. The van der Waals surface area contributed by atoms with Gasteiger partial charge in [0, 0.05) is 17.5 Å². The molecule has 44 heavy (non-hydrogen) atoms. The maximum Gasteiger partial charge on any atom is 0.324 e. The van der Waals surface area contributed by atoms with E-state index in [-0.39, 0.29) is 40.5 Å². The smallest absolute Gasteiger partial charge is 0.324 e. The van der Waals surface area contributed by atoms with Crippen molar-refractivity contribution in [2.75, 3.05) is 5.75 Å². The van der Waals surface area contributed by atoms with E-state index in [2.05, 4.69) is 25.1 Å². The summed E-state index contributed by atoms with van der Waals surface area (Å²) in [5.74, 6) is -0.479. The second-order valence-corrected chi connectivity index (χ2v) is 18.0. The van der Waals surface area contributed by atoms with Crippen LogP contribution >= 0.6 is 0 Å². The van der Waals surface area contributed by atoms with Crippen LogP contribution in [0.15, 0.2) is 41.8 Å². The van der Waals surface area contributed by atoms with Crippen molar-refractivity contribution in [2.24, 2.45) is 16.7 Å². The fourth-order valence-electron chi connectivity index (χ4n) is 8.88. The first-order valence-corrected chi connectivity index (χ1v) is 19.8. The van der Waals surface area contributed by atoms with Crippen molar-refractivity contribution in [3.8, 4) is 0 Å². The van der Waals surface area contributed by atoms with Crippen molar-refractivity contribution in [1.82, 2.24) is 9.03 Å². The first kappa shape index (κ1) is 33.6. The molecule has 4 saturated carbocycles. The lowest BCUT2D eigenvalue weighted by molar-refractivity contribution is -0.158. The lowest BCUT2D eigenvalue weighted by atomic mass is 9.69. The van der Waals surface area contributed by atoms with E-state index in [1.54, 1.807) is 12.1 Å². The predicted octanol–water partition coefficient (Wildman–Crippen LogP) is 6.25. The van der Waals surface area contributed by atoms with E-state index in [9.17, 15) is 21.6 Å². The lowest BCUT2D eigenvalue weighted by Crippen LogP contribution is -2.55. The van der Waals surface area contributed by atoms with Crippen LogP contribution in [-0.2, 0) is 29.6 Å². The second kappa shape index (κ2) is 13.2. The van der Waals surface area contributed by atoms with Gasteiger partial charge < -0.3 is 4.74 Å². The van der Waals surface area contributed by atoms with Crippen molar-refractivity contribution >= 4 is 26.0 Å². The molecule has 0 aliphatic heterocycles. The van der Waals surface area contributed by atoms with Gasteiger partial charge in [-0.3, -0.25) is 4.79 Å². The zero-order valence-corrected chi connectivity index (χ0v) is 28.4. The highest BCUT2D eigenvalue weighted by Crippen LogP contribution is 2.67. The largest absolute Gasteiger partial charge is 0.461 e. The quantitative estimate of drug-likeness (QED) is 0.212. The van der Waals surface area contributed by atoms with E-state index in [0.29, 0.717) is 12.8 Å². The van der Waals surface area contributed by atoms with Gasteiger partial charge >= 0.3 is 5.97 Å². The van der Waals surface area contributed by atoms with Crippen molar-refractivity contribution in [3.05, 3.63) is 42.5 Å². The summed E-state index contributed by atoms with van der Waals surface area (Å²) in [6.45, 7) is 9.89. The molecule has 1 N–H and O–H groups in total. The third-order valence-electron chi connectivity index (χ3n) is 11.6. The number of ether oxygens (including phenoxy) is 1. The molecular formula is C34H52N2O6S2. The molecule has 1 aromatic carbocycles. The maximum atomic E-state index is 14.7. The van der Waals surface area contributed by atoms with Crippen LogP contribution in [0.3, 0.4) is 0 Å². The number of fused-ring (bicyclic) bond motifs is 2. The molecule has 0 heterocycles. The summed E-state index contributed by atoms with van der Waals surface area (Å²) in [7, 11) is -7.66. The highest BCUT2D eigenvalue weighted by Gasteiger charge is 2.67. The SMILES string of the molecule is C=CC[C@@H](NS(=O)(=O)c1ccc(C)cc1)C(=O)O[C@@H]1C[C@H]2CC[C@]1(CS(=O)(=O)N(C1CCCCC1)C1CCCCC1)C2(C)C. The average Bonchev–Trinajstić information content (AvgIpc) is 3.33. The van der Waals surface area contributed by atoms with E-state index in [4.69, 9.17) is 4.74 Å². The summed E-state index contributed by atoms with van der Waals surface area (Å²) in [4.78, 5) is 13.8. The topological polar surface area (TPSA) is 110 Å². The number of carbonyl (C=O) groups is 1. The van der Waals surface area contributed by atoms with Crippen LogP contribution in [-0.4, -0.2) is 57.1 Å². The van der Waals surface area contributed by atoms with Crippen LogP contribution in [0.25, 0.3) is 0 Å². The third kappa shape index (κ3) is 6.56. The fourth-order valence-corrected chi connectivity index (χ4v) is 12.9. The Morgan fingerprint density at radius 1 is 0.977 bits per heavy atom. The Morgan fingerprint density at radius 3 is 2.07 bits per heavy atom. The van der Waals surface area contributed by atoms with Gasteiger partial charge in [0.25, 0.3) is 0 Å². The first-order valence-electron chi connectivity index (χ1n) is 16.7. The number of hydrogen-bond acceptors (Lipinski definition) is 6. The van der Waals surface area contributed by atoms with Crippen LogP contribution in [0.2, 0.25) is 0 Å². The molecule has 246 valence electrons. The molecule has 4 fully saturated rings. The third-order valence-corrected chi connectivity index (χ3v) is 15.2. The zero-order valence-electron chi connectivity index (χ0n) is 26.8. The Balaban J connectivity index is 1.40. The van der Waals surface area contributed by atoms with Crippen molar-refractivity contribution in [1.29, 1.82) is 0 Å². The molecule has 0 saturated heterocycles. The van der Waals surface area contributed by atoms with Gasteiger partial charge in [-0.1, -0.05) is 76.1 Å². The van der Waals surface area contributed by atoms with Crippen LogP contribution in [0.1, 0.15) is 109 Å². The van der Waals surface area contributed by atoms with Crippen molar-refractivity contribution in [2.45, 2.75) is 140 Å². The highest BCUT2D eigenvalue weighted by molar-refractivity contribution is 7.89. The fraction of sp³-hybridized carbons (Fsp3) is 0.735. The number of benzene rings is 1. The Labute approximate surface area is 265 Å². The van der Waals surface area contributed by atoms with Crippen LogP contribution < -0.4 is 4.72 Å². The molecule has 0 radical (unpaired) electrons. The van der Waals surface area contributed by atoms with Gasteiger partial charge in [0.15, 0.2) is 0 Å². The van der Waals surface area contributed by atoms with Gasteiger partial charge in [0.2, 0.25) is 20.0 Å². The zero-order chi connectivity index (χ0) is 31.8. The molecule has 4 atom stereocenters. The Morgan fingerprint density at radius 2 is 1.55 bits per heavy atom. The number of sulfonamides is 2. The molecular weight excluding hydrogens is 597 g/mol. The van der Waals surface area contributed by atoms with Crippen LogP contribution in [0.4, 0.5) is 0 Å². The molecule has 10 heteroatoms. The van der Waals surface area contributed by atoms with Crippen LogP contribution in [0, 0.1) is 23.7 Å². The minimum Gasteiger partial charge on any atom is -0.461 e. The van der Waals surface area contributed by atoms with Gasteiger partial charge in [0.05, 0.1) is 10.6 Å². The molecule has 0 unspecified atom stereocenters. The maximum absolute atomic E-state index is 14.7. The van der Waals surface area contributed by atoms with Gasteiger partial charge in [-0.05, 0) is 81.8 Å². The number of esters is 1. The van der Waals surface area contributed by atoms with Crippen molar-refractivity contribution < 1.29 is 26.4 Å². The first-order chi connectivity index (χ1) is 20.8. The molecule has 0 aromatic heterocycles. The molecule has 1 aromatic rings. The Bertz CT molecular complexity index is 1380. The highest BCUT2D eigenvalue weighted by atomic mass is 32.2. The minimum absolute atomic E-state index is 0.0321. The molecule has 4 aliphatic rings. The van der Waals surface area contributed by atoms with E-state index >= 15 is 0 Å². The predicted molar refractivity (Wildman–Crippen MR) is 173 cm³/mol. The molecule has 0 spiro atoms. The van der Waals surface area contributed by atoms with Crippen LogP contribution in [0.5, 0.6) is 0 Å². The van der Waals surface area contributed by atoms with Gasteiger partial charge in [-0.2, -0.15) is 9.03 Å². The minimum atomic E-state index is -3.99. The summed E-state index contributed by atoms with van der Waals surface area (Å²) in [6.07, 6.45) is 13.3. The summed E-state index contributed by atoms with van der Waals surface area (Å²) in [6, 6.07) is 5.37. The molecule has 2 bridgehead atoms. The van der Waals surface area contributed by atoms with E-state index in [1.165, 1.54) is 18.2 Å². The molecule has 0 amide bonds. The number of hydrogen-bond donors (Lipinski definition) is 1. The monoisotopic (exact) mass is 648 g/mol. The van der Waals surface area contributed by atoms with E-state index in [1.807, 2.05) is 11.2 Å². The van der Waals surface area contributed by atoms with Crippen molar-refractivity contribution in [3.63, 3.8) is 0 Å².